The maximum Gasteiger partial charge on any atom is 0.417 e. The molecule has 7 heteroatoms. The van der Waals surface area contributed by atoms with E-state index in [1.165, 1.54) is 6.08 Å². The van der Waals surface area contributed by atoms with Gasteiger partial charge in [-0.3, -0.25) is 9.59 Å². The van der Waals surface area contributed by atoms with Gasteiger partial charge >= 0.3 is 6.09 Å². The summed E-state index contributed by atoms with van der Waals surface area (Å²) in [6, 6.07) is 18.2. The second-order valence-corrected chi connectivity index (χ2v) is 10.4. The SMILES string of the molecule is O=C1C=CC(=CCCCCCCCCCO)OC1C(Cc1ccccc1)C(=O)N1C(=O)OCC1c1ccccc1. The number of benzene rings is 2. The summed E-state index contributed by atoms with van der Waals surface area (Å²) >= 11 is 0. The van der Waals surface area contributed by atoms with Crippen LogP contribution in [0.4, 0.5) is 4.79 Å². The molecular formula is C33H39NO6. The van der Waals surface area contributed by atoms with E-state index in [1.54, 1.807) is 6.08 Å². The number of ketones is 1. The molecule has 0 aliphatic carbocycles. The Labute approximate surface area is 236 Å². The van der Waals surface area contributed by atoms with Gasteiger partial charge in [0.25, 0.3) is 0 Å². The molecule has 2 heterocycles. The van der Waals surface area contributed by atoms with Crippen molar-refractivity contribution in [3.05, 3.63) is 95.8 Å². The average Bonchev–Trinajstić information content (AvgIpc) is 3.38. The van der Waals surface area contributed by atoms with E-state index >= 15 is 0 Å². The van der Waals surface area contributed by atoms with Crippen LogP contribution in [0.5, 0.6) is 0 Å². The maximum absolute atomic E-state index is 14.1. The summed E-state index contributed by atoms with van der Waals surface area (Å²) < 4.78 is 11.5. The molecule has 0 bridgehead atoms. The van der Waals surface area contributed by atoms with E-state index in [1.807, 2.05) is 66.7 Å². The molecule has 2 amide bonds. The van der Waals surface area contributed by atoms with Gasteiger partial charge in [-0.15, -0.1) is 0 Å². The number of carbonyl (C=O) groups excluding carboxylic acids is 3. The van der Waals surface area contributed by atoms with Crippen molar-refractivity contribution in [1.82, 2.24) is 4.90 Å². The van der Waals surface area contributed by atoms with Crippen LogP contribution in [0.2, 0.25) is 0 Å². The zero-order chi connectivity index (χ0) is 28.2. The number of amides is 2. The average molecular weight is 546 g/mol. The van der Waals surface area contributed by atoms with Crippen LogP contribution in [0.25, 0.3) is 0 Å². The summed E-state index contributed by atoms with van der Waals surface area (Å²) in [6.07, 6.45) is 11.9. The molecule has 2 aromatic rings. The second kappa shape index (κ2) is 15.2. The molecule has 1 saturated heterocycles. The number of hydrogen-bond acceptors (Lipinski definition) is 6. The number of allylic oxidation sites excluding steroid dienone is 2. The number of cyclic esters (lactones) is 1. The van der Waals surface area contributed by atoms with Crippen LogP contribution in [0.15, 0.2) is 84.7 Å². The van der Waals surface area contributed by atoms with Crippen molar-refractivity contribution in [3.8, 4) is 0 Å². The van der Waals surface area contributed by atoms with Crippen LogP contribution in [-0.4, -0.2) is 47.1 Å². The number of aliphatic hydroxyl groups is 1. The summed E-state index contributed by atoms with van der Waals surface area (Å²) in [4.78, 5) is 41.1. The van der Waals surface area contributed by atoms with Gasteiger partial charge in [-0.25, -0.2) is 9.69 Å². The topological polar surface area (TPSA) is 93.1 Å². The van der Waals surface area contributed by atoms with Crippen LogP contribution >= 0.6 is 0 Å². The monoisotopic (exact) mass is 545 g/mol. The van der Waals surface area contributed by atoms with Gasteiger partial charge in [0.1, 0.15) is 18.4 Å². The summed E-state index contributed by atoms with van der Waals surface area (Å²) in [5.74, 6) is -1.10. The van der Waals surface area contributed by atoms with Gasteiger partial charge in [0, 0.05) is 6.61 Å². The highest BCUT2D eigenvalue weighted by molar-refractivity contribution is 6.02. The highest BCUT2D eigenvalue weighted by Gasteiger charge is 2.46. The van der Waals surface area contributed by atoms with Gasteiger partial charge in [-0.1, -0.05) is 92.8 Å². The Hall–Kier alpha value is -3.71. The first kappa shape index (κ1) is 29.3. The smallest absolute Gasteiger partial charge is 0.417 e. The third-order valence-electron chi connectivity index (χ3n) is 7.44. The zero-order valence-electron chi connectivity index (χ0n) is 23.0. The zero-order valence-corrected chi connectivity index (χ0v) is 23.0. The van der Waals surface area contributed by atoms with Crippen molar-refractivity contribution in [2.75, 3.05) is 13.2 Å². The van der Waals surface area contributed by atoms with Crippen LogP contribution in [-0.2, 0) is 25.5 Å². The Morgan fingerprint density at radius 2 is 1.55 bits per heavy atom. The molecule has 212 valence electrons. The van der Waals surface area contributed by atoms with Crippen molar-refractivity contribution in [2.24, 2.45) is 5.92 Å². The van der Waals surface area contributed by atoms with Crippen molar-refractivity contribution >= 4 is 17.8 Å². The number of aliphatic hydroxyl groups excluding tert-OH is 1. The number of imide groups is 1. The highest BCUT2D eigenvalue weighted by Crippen LogP contribution is 2.33. The van der Waals surface area contributed by atoms with E-state index < -0.39 is 30.1 Å². The largest absolute Gasteiger partial charge is 0.482 e. The lowest BCUT2D eigenvalue weighted by Crippen LogP contribution is -2.47. The number of hydrogen-bond donors (Lipinski definition) is 1. The molecule has 3 unspecified atom stereocenters. The van der Waals surface area contributed by atoms with E-state index in [0.717, 1.165) is 67.4 Å². The molecule has 40 heavy (non-hydrogen) atoms. The number of unbranched alkanes of at least 4 members (excludes halogenated alkanes) is 7. The van der Waals surface area contributed by atoms with Gasteiger partial charge in [0.05, 0.1) is 5.92 Å². The lowest BCUT2D eigenvalue weighted by atomic mass is 9.88. The van der Waals surface area contributed by atoms with Gasteiger partial charge in [-0.05, 0) is 55.0 Å². The molecule has 0 radical (unpaired) electrons. The Bertz CT molecular complexity index is 1180. The molecule has 2 aromatic carbocycles. The molecule has 0 saturated carbocycles. The van der Waals surface area contributed by atoms with Gasteiger partial charge in [0.2, 0.25) is 5.91 Å². The standard InChI is InChI=1S/C33H39NO6/c35-22-14-6-4-2-1-3-5-13-19-27-20-21-30(36)31(40-27)28(23-25-15-9-7-10-16-25)32(37)34-29(24-39-33(34)38)26-17-11-8-12-18-26/h7-12,15-21,28-29,31,35H,1-6,13-14,22-24H2. The quantitative estimate of drug-likeness (QED) is 0.289. The second-order valence-electron chi connectivity index (χ2n) is 10.4. The third kappa shape index (κ3) is 7.92. The lowest BCUT2D eigenvalue weighted by molar-refractivity contribution is -0.143. The van der Waals surface area contributed by atoms with E-state index in [4.69, 9.17) is 14.6 Å². The number of rotatable bonds is 14. The normalized spacial score (nSPS) is 20.4. The minimum atomic E-state index is -1.04. The molecule has 1 N–H and O–H groups in total. The van der Waals surface area contributed by atoms with Crippen molar-refractivity contribution in [3.63, 3.8) is 0 Å². The Kier molecular flexibility index (Phi) is 11.1. The minimum absolute atomic E-state index is 0.0681. The number of carbonyl (C=O) groups is 3. The van der Waals surface area contributed by atoms with Gasteiger partial charge in [-0.2, -0.15) is 0 Å². The molecule has 0 aromatic heterocycles. The van der Waals surface area contributed by atoms with Gasteiger partial charge < -0.3 is 14.6 Å². The summed E-state index contributed by atoms with van der Waals surface area (Å²) in [5, 5.41) is 8.88. The minimum Gasteiger partial charge on any atom is -0.482 e. The fourth-order valence-electron chi connectivity index (χ4n) is 5.24. The summed E-state index contributed by atoms with van der Waals surface area (Å²) in [7, 11) is 0. The van der Waals surface area contributed by atoms with Crippen LogP contribution < -0.4 is 0 Å². The first-order chi connectivity index (χ1) is 19.6. The Morgan fingerprint density at radius 1 is 0.900 bits per heavy atom. The number of nitrogens with zero attached hydrogens (tertiary/aromatic N) is 1. The molecule has 4 rings (SSSR count). The molecule has 7 nitrogen and oxygen atoms in total. The number of ether oxygens (including phenoxy) is 2. The van der Waals surface area contributed by atoms with Gasteiger partial charge in [0.15, 0.2) is 11.9 Å². The van der Waals surface area contributed by atoms with E-state index in [-0.39, 0.29) is 25.4 Å². The van der Waals surface area contributed by atoms with E-state index in [9.17, 15) is 14.4 Å². The first-order valence-electron chi connectivity index (χ1n) is 14.4. The van der Waals surface area contributed by atoms with E-state index in [2.05, 4.69) is 0 Å². The fraction of sp³-hybridized carbons (Fsp3) is 0.424. The molecule has 1 fully saturated rings. The first-order valence-corrected chi connectivity index (χ1v) is 14.4. The fourth-order valence-corrected chi connectivity index (χ4v) is 5.24. The molecular weight excluding hydrogens is 506 g/mol. The molecule has 2 aliphatic rings. The van der Waals surface area contributed by atoms with Crippen LogP contribution in [0.3, 0.4) is 0 Å². The Balaban J connectivity index is 1.47. The van der Waals surface area contributed by atoms with Crippen LogP contribution in [0, 0.1) is 5.92 Å². The van der Waals surface area contributed by atoms with Crippen molar-refractivity contribution < 1.29 is 29.0 Å². The van der Waals surface area contributed by atoms with Crippen molar-refractivity contribution in [1.29, 1.82) is 0 Å². The predicted molar refractivity (Wildman–Crippen MR) is 152 cm³/mol. The van der Waals surface area contributed by atoms with Crippen molar-refractivity contribution in [2.45, 2.75) is 69.9 Å². The maximum atomic E-state index is 14.1. The lowest BCUT2D eigenvalue weighted by Gasteiger charge is -2.31. The summed E-state index contributed by atoms with van der Waals surface area (Å²) in [5.41, 5.74) is 1.67. The Morgan fingerprint density at radius 3 is 2.25 bits per heavy atom. The highest BCUT2D eigenvalue weighted by atomic mass is 16.6. The predicted octanol–water partition coefficient (Wildman–Crippen LogP) is 6.09. The molecule has 2 aliphatic heterocycles. The molecule has 0 spiro atoms. The third-order valence-corrected chi connectivity index (χ3v) is 7.44. The van der Waals surface area contributed by atoms with Crippen LogP contribution in [0.1, 0.15) is 68.5 Å². The summed E-state index contributed by atoms with van der Waals surface area (Å²) in [6.45, 7) is 0.330. The molecule has 3 atom stereocenters. The van der Waals surface area contributed by atoms with E-state index in [0.29, 0.717) is 5.76 Å².